The SMILES string of the molecule is CCCNc1nc(-c2cccc(COC)c2)ncc1I. The Morgan fingerprint density at radius 1 is 1.35 bits per heavy atom. The summed E-state index contributed by atoms with van der Waals surface area (Å²) in [6.45, 7) is 3.64. The molecule has 0 amide bonds. The van der Waals surface area contributed by atoms with E-state index in [1.54, 1.807) is 7.11 Å². The average molecular weight is 383 g/mol. The minimum absolute atomic E-state index is 0.596. The van der Waals surface area contributed by atoms with E-state index in [4.69, 9.17) is 4.74 Å². The van der Waals surface area contributed by atoms with Crippen LogP contribution in [0.3, 0.4) is 0 Å². The van der Waals surface area contributed by atoms with Gasteiger partial charge in [0.05, 0.1) is 10.2 Å². The fourth-order valence-electron chi connectivity index (χ4n) is 1.84. The van der Waals surface area contributed by atoms with Gasteiger partial charge in [0, 0.05) is 25.4 Å². The summed E-state index contributed by atoms with van der Waals surface area (Å²) in [6.07, 6.45) is 2.92. The van der Waals surface area contributed by atoms with E-state index in [1.807, 2.05) is 24.4 Å². The van der Waals surface area contributed by atoms with Crippen molar-refractivity contribution in [2.45, 2.75) is 20.0 Å². The predicted molar refractivity (Wildman–Crippen MR) is 89.7 cm³/mol. The molecular formula is C15H18IN3O. The molecule has 0 atom stereocenters. The van der Waals surface area contributed by atoms with Crippen LogP contribution in [0.4, 0.5) is 5.82 Å². The molecule has 0 aliphatic heterocycles. The van der Waals surface area contributed by atoms with Gasteiger partial charge in [0.2, 0.25) is 0 Å². The van der Waals surface area contributed by atoms with Crippen LogP contribution in [0, 0.1) is 3.57 Å². The van der Waals surface area contributed by atoms with Crippen molar-refractivity contribution in [1.82, 2.24) is 9.97 Å². The summed E-state index contributed by atoms with van der Waals surface area (Å²) < 4.78 is 6.20. The van der Waals surface area contributed by atoms with Crippen LogP contribution in [0.1, 0.15) is 18.9 Å². The van der Waals surface area contributed by atoms with Gasteiger partial charge in [-0.2, -0.15) is 0 Å². The van der Waals surface area contributed by atoms with Gasteiger partial charge in [-0.3, -0.25) is 0 Å². The number of methoxy groups -OCH3 is 1. The number of aromatic nitrogens is 2. The molecule has 1 N–H and O–H groups in total. The Bertz CT molecular complexity index is 575. The molecule has 0 saturated carbocycles. The molecule has 0 radical (unpaired) electrons. The second-order valence-electron chi connectivity index (χ2n) is 4.45. The van der Waals surface area contributed by atoms with Crippen LogP contribution in [0.15, 0.2) is 30.5 Å². The molecule has 0 aliphatic carbocycles. The van der Waals surface area contributed by atoms with E-state index in [0.717, 1.165) is 39.3 Å². The topological polar surface area (TPSA) is 47.0 Å². The molecule has 0 bridgehead atoms. The highest BCUT2D eigenvalue weighted by Crippen LogP contribution is 2.21. The number of benzene rings is 1. The first kappa shape index (κ1) is 15.2. The number of hydrogen-bond donors (Lipinski definition) is 1. The van der Waals surface area contributed by atoms with Crippen LogP contribution in [0.25, 0.3) is 11.4 Å². The van der Waals surface area contributed by atoms with Crippen molar-refractivity contribution in [3.63, 3.8) is 0 Å². The lowest BCUT2D eigenvalue weighted by Gasteiger charge is -2.09. The first-order chi connectivity index (χ1) is 9.74. The molecule has 0 aliphatic rings. The molecule has 20 heavy (non-hydrogen) atoms. The number of halogens is 1. The number of nitrogens with one attached hydrogen (secondary N) is 1. The van der Waals surface area contributed by atoms with Crippen molar-refractivity contribution >= 4 is 28.4 Å². The molecule has 1 heterocycles. The quantitative estimate of drug-likeness (QED) is 0.773. The maximum Gasteiger partial charge on any atom is 0.161 e. The van der Waals surface area contributed by atoms with E-state index in [0.29, 0.717) is 6.61 Å². The molecule has 1 aromatic heterocycles. The second kappa shape index (κ2) is 7.54. The van der Waals surface area contributed by atoms with Gasteiger partial charge in [-0.05, 0) is 40.6 Å². The van der Waals surface area contributed by atoms with Crippen LogP contribution < -0.4 is 5.32 Å². The van der Waals surface area contributed by atoms with Gasteiger partial charge in [-0.1, -0.05) is 25.1 Å². The first-order valence-electron chi connectivity index (χ1n) is 6.59. The zero-order valence-electron chi connectivity index (χ0n) is 11.7. The van der Waals surface area contributed by atoms with Crippen molar-refractivity contribution < 1.29 is 4.74 Å². The van der Waals surface area contributed by atoms with E-state index in [1.165, 1.54) is 0 Å². The van der Waals surface area contributed by atoms with E-state index >= 15 is 0 Å². The largest absolute Gasteiger partial charge is 0.380 e. The van der Waals surface area contributed by atoms with E-state index in [2.05, 4.69) is 50.9 Å². The number of anilines is 1. The lowest BCUT2D eigenvalue weighted by molar-refractivity contribution is 0.185. The van der Waals surface area contributed by atoms with Gasteiger partial charge in [-0.15, -0.1) is 0 Å². The van der Waals surface area contributed by atoms with Crippen molar-refractivity contribution in [2.24, 2.45) is 0 Å². The second-order valence-corrected chi connectivity index (χ2v) is 5.61. The fraction of sp³-hybridized carbons (Fsp3) is 0.333. The third-order valence-electron chi connectivity index (χ3n) is 2.78. The van der Waals surface area contributed by atoms with E-state index in [9.17, 15) is 0 Å². The van der Waals surface area contributed by atoms with Crippen LogP contribution in [-0.2, 0) is 11.3 Å². The molecule has 0 fully saturated rings. The van der Waals surface area contributed by atoms with Gasteiger partial charge in [-0.25, -0.2) is 9.97 Å². The molecular weight excluding hydrogens is 365 g/mol. The lowest BCUT2D eigenvalue weighted by atomic mass is 10.1. The highest BCUT2D eigenvalue weighted by molar-refractivity contribution is 14.1. The minimum Gasteiger partial charge on any atom is -0.380 e. The lowest BCUT2D eigenvalue weighted by Crippen LogP contribution is -2.05. The number of ether oxygens (including phenoxy) is 1. The molecule has 0 saturated heterocycles. The van der Waals surface area contributed by atoms with Crippen LogP contribution in [0.2, 0.25) is 0 Å². The number of rotatable bonds is 6. The summed E-state index contributed by atoms with van der Waals surface area (Å²) in [5.41, 5.74) is 2.13. The Morgan fingerprint density at radius 3 is 2.95 bits per heavy atom. The van der Waals surface area contributed by atoms with Gasteiger partial charge in [0.1, 0.15) is 5.82 Å². The summed E-state index contributed by atoms with van der Waals surface area (Å²) in [4.78, 5) is 9.03. The van der Waals surface area contributed by atoms with Gasteiger partial charge in [0.15, 0.2) is 5.82 Å². The van der Waals surface area contributed by atoms with Crippen molar-refractivity contribution in [1.29, 1.82) is 0 Å². The minimum atomic E-state index is 0.596. The zero-order valence-corrected chi connectivity index (χ0v) is 13.8. The highest BCUT2D eigenvalue weighted by atomic mass is 127. The molecule has 106 valence electrons. The summed E-state index contributed by atoms with van der Waals surface area (Å²) in [5, 5.41) is 3.33. The van der Waals surface area contributed by atoms with Crippen LogP contribution in [0.5, 0.6) is 0 Å². The first-order valence-corrected chi connectivity index (χ1v) is 7.67. The van der Waals surface area contributed by atoms with Crippen molar-refractivity contribution in [3.8, 4) is 11.4 Å². The van der Waals surface area contributed by atoms with Crippen LogP contribution >= 0.6 is 22.6 Å². The monoisotopic (exact) mass is 383 g/mol. The summed E-state index contributed by atoms with van der Waals surface area (Å²) >= 11 is 2.25. The fourth-order valence-corrected chi connectivity index (χ4v) is 2.29. The molecule has 4 nitrogen and oxygen atoms in total. The van der Waals surface area contributed by atoms with Crippen LogP contribution in [-0.4, -0.2) is 23.6 Å². The molecule has 5 heteroatoms. The average Bonchev–Trinajstić information content (AvgIpc) is 2.47. The molecule has 2 rings (SSSR count). The molecule has 0 spiro atoms. The Hall–Kier alpha value is -1.21. The Balaban J connectivity index is 2.30. The molecule has 0 unspecified atom stereocenters. The maximum atomic E-state index is 5.16. The highest BCUT2D eigenvalue weighted by Gasteiger charge is 2.07. The maximum absolute atomic E-state index is 5.16. The normalized spacial score (nSPS) is 10.6. The van der Waals surface area contributed by atoms with Gasteiger partial charge >= 0.3 is 0 Å². The summed E-state index contributed by atoms with van der Waals surface area (Å²) in [5.74, 6) is 1.64. The summed E-state index contributed by atoms with van der Waals surface area (Å²) in [7, 11) is 1.70. The zero-order chi connectivity index (χ0) is 14.4. The van der Waals surface area contributed by atoms with Gasteiger partial charge < -0.3 is 10.1 Å². The van der Waals surface area contributed by atoms with E-state index in [-0.39, 0.29) is 0 Å². The molecule has 1 aromatic carbocycles. The number of nitrogens with zero attached hydrogens (tertiary/aromatic N) is 2. The van der Waals surface area contributed by atoms with Crippen molar-refractivity contribution in [2.75, 3.05) is 19.0 Å². The smallest absolute Gasteiger partial charge is 0.161 e. The van der Waals surface area contributed by atoms with Crippen molar-refractivity contribution in [3.05, 3.63) is 39.6 Å². The third kappa shape index (κ3) is 3.89. The Morgan fingerprint density at radius 2 is 2.20 bits per heavy atom. The third-order valence-corrected chi connectivity index (χ3v) is 3.57. The Kier molecular flexibility index (Phi) is 5.72. The Labute approximate surface area is 133 Å². The standard InChI is InChI=1S/C15H18IN3O/c1-3-7-17-15-13(16)9-18-14(19-15)12-6-4-5-11(8-12)10-20-2/h4-6,8-9H,3,7,10H2,1-2H3,(H,17,18,19). The van der Waals surface area contributed by atoms with E-state index < -0.39 is 0 Å². The summed E-state index contributed by atoms with van der Waals surface area (Å²) in [6, 6.07) is 8.13. The number of hydrogen-bond acceptors (Lipinski definition) is 4. The predicted octanol–water partition coefficient (Wildman–Crippen LogP) is 3.72. The van der Waals surface area contributed by atoms with Gasteiger partial charge in [0.25, 0.3) is 0 Å². The molecule has 2 aromatic rings.